The molecule has 20 heavy (non-hydrogen) atoms. The van der Waals surface area contributed by atoms with Gasteiger partial charge in [-0.25, -0.2) is 4.39 Å². The summed E-state index contributed by atoms with van der Waals surface area (Å²) in [4.78, 5) is 0. The van der Waals surface area contributed by atoms with Gasteiger partial charge in [-0.15, -0.1) is 0 Å². The zero-order chi connectivity index (χ0) is 14.5. The van der Waals surface area contributed by atoms with Crippen molar-refractivity contribution in [1.82, 2.24) is 0 Å². The van der Waals surface area contributed by atoms with Crippen LogP contribution in [0.1, 0.15) is 19.8 Å². The van der Waals surface area contributed by atoms with Crippen LogP contribution in [-0.2, 0) is 0 Å². The lowest BCUT2D eigenvalue weighted by molar-refractivity contribution is 0.309. The summed E-state index contributed by atoms with van der Waals surface area (Å²) in [5.41, 5.74) is 1.29. The van der Waals surface area contributed by atoms with Crippen LogP contribution in [0.4, 0.5) is 4.39 Å². The van der Waals surface area contributed by atoms with E-state index in [4.69, 9.17) is 16.3 Å². The smallest absolute Gasteiger partial charge is 0.132 e. The monoisotopic (exact) mass is 356 g/mol. The van der Waals surface area contributed by atoms with Crippen LogP contribution in [0, 0.1) is 5.82 Å². The van der Waals surface area contributed by atoms with E-state index >= 15 is 0 Å². The van der Waals surface area contributed by atoms with Gasteiger partial charge in [0.1, 0.15) is 11.6 Å². The molecule has 0 spiro atoms. The fourth-order valence-corrected chi connectivity index (χ4v) is 2.58. The first-order valence-electron chi connectivity index (χ1n) is 6.49. The standard InChI is InChI=1S/C16H15BrClFO/c1-2-3-8-20-12-5-7-13(15(17)10-12)14-6-4-11(18)9-16(14)19/h4-7,9-10H,2-3,8H2,1H3. The molecule has 0 aliphatic carbocycles. The van der Waals surface area contributed by atoms with E-state index in [1.54, 1.807) is 12.1 Å². The van der Waals surface area contributed by atoms with Crippen molar-refractivity contribution in [2.45, 2.75) is 19.8 Å². The largest absolute Gasteiger partial charge is 0.494 e. The SMILES string of the molecule is CCCCOc1ccc(-c2ccc(Cl)cc2F)c(Br)c1. The maximum absolute atomic E-state index is 13.9. The minimum absolute atomic E-state index is 0.335. The second-order valence-electron chi connectivity index (χ2n) is 4.47. The third kappa shape index (κ3) is 3.74. The lowest BCUT2D eigenvalue weighted by atomic mass is 10.1. The van der Waals surface area contributed by atoms with Crippen LogP contribution in [0.2, 0.25) is 5.02 Å². The molecule has 2 aromatic rings. The van der Waals surface area contributed by atoms with Crippen LogP contribution in [0.25, 0.3) is 11.1 Å². The normalized spacial score (nSPS) is 10.6. The molecule has 0 aliphatic heterocycles. The molecule has 1 nitrogen and oxygen atoms in total. The van der Waals surface area contributed by atoms with Gasteiger partial charge in [0, 0.05) is 15.1 Å². The molecule has 2 aromatic carbocycles. The van der Waals surface area contributed by atoms with Crippen LogP contribution in [0.15, 0.2) is 40.9 Å². The van der Waals surface area contributed by atoms with Crippen molar-refractivity contribution in [3.05, 3.63) is 51.7 Å². The van der Waals surface area contributed by atoms with E-state index in [1.807, 2.05) is 18.2 Å². The topological polar surface area (TPSA) is 9.23 Å². The molecule has 0 atom stereocenters. The van der Waals surface area contributed by atoms with Gasteiger partial charge in [0.05, 0.1) is 6.61 Å². The van der Waals surface area contributed by atoms with E-state index in [9.17, 15) is 4.39 Å². The first-order chi connectivity index (χ1) is 9.61. The van der Waals surface area contributed by atoms with Gasteiger partial charge in [-0.2, -0.15) is 0 Å². The fourth-order valence-electron chi connectivity index (χ4n) is 1.85. The van der Waals surface area contributed by atoms with E-state index in [0.717, 1.165) is 28.6 Å². The van der Waals surface area contributed by atoms with Crippen LogP contribution in [0.5, 0.6) is 5.75 Å². The molecular weight excluding hydrogens is 343 g/mol. The van der Waals surface area contributed by atoms with Gasteiger partial charge in [-0.1, -0.05) is 40.9 Å². The van der Waals surface area contributed by atoms with Crippen molar-refractivity contribution >= 4 is 27.5 Å². The van der Waals surface area contributed by atoms with Crippen molar-refractivity contribution < 1.29 is 9.13 Å². The Balaban J connectivity index is 2.25. The molecule has 0 radical (unpaired) electrons. The van der Waals surface area contributed by atoms with Crippen LogP contribution >= 0.6 is 27.5 Å². The first kappa shape index (κ1) is 15.3. The molecule has 0 aliphatic rings. The number of ether oxygens (including phenoxy) is 1. The summed E-state index contributed by atoms with van der Waals surface area (Å²) in [5.74, 6) is 0.446. The molecule has 0 unspecified atom stereocenters. The van der Waals surface area contributed by atoms with Gasteiger partial charge < -0.3 is 4.74 Å². The molecule has 2 rings (SSSR count). The van der Waals surface area contributed by atoms with E-state index in [1.165, 1.54) is 6.07 Å². The summed E-state index contributed by atoms with van der Waals surface area (Å²) < 4.78 is 20.4. The van der Waals surface area contributed by atoms with E-state index < -0.39 is 0 Å². The van der Waals surface area contributed by atoms with Crippen molar-refractivity contribution in [1.29, 1.82) is 0 Å². The Kier molecular flexibility index (Phi) is 5.44. The Bertz CT molecular complexity index is 601. The molecule has 0 saturated carbocycles. The fraction of sp³-hybridized carbons (Fsp3) is 0.250. The number of benzene rings is 2. The summed E-state index contributed by atoms with van der Waals surface area (Å²) in [6.07, 6.45) is 2.11. The van der Waals surface area contributed by atoms with Gasteiger partial charge in [-0.3, -0.25) is 0 Å². The third-order valence-corrected chi connectivity index (χ3v) is 3.82. The summed E-state index contributed by atoms with van der Waals surface area (Å²) >= 11 is 9.23. The predicted octanol–water partition coefficient (Wildman–Crippen LogP) is 6.09. The average molecular weight is 358 g/mol. The molecule has 0 heterocycles. The third-order valence-electron chi connectivity index (χ3n) is 2.93. The van der Waals surface area contributed by atoms with Crippen LogP contribution in [0.3, 0.4) is 0 Å². The molecule has 0 saturated heterocycles. The first-order valence-corrected chi connectivity index (χ1v) is 7.66. The number of hydrogen-bond acceptors (Lipinski definition) is 1. The van der Waals surface area contributed by atoms with E-state index in [0.29, 0.717) is 17.2 Å². The Morgan fingerprint density at radius 2 is 1.90 bits per heavy atom. The number of unbranched alkanes of at least 4 members (excludes halogenated alkanes) is 1. The zero-order valence-electron chi connectivity index (χ0n) is 11.1. The summed E-state index contributed by atoms with van der Waals surface area (Å²) in [7, 11) is 0. The maximum atomic E-state index is 13.9. The highest BCUT2D eigenvalue weighted by Crippen LogP contribution is 2.34. The highest BCUT2D eigenvalue weighted by atomic mass is 79.9. The second-order valence-corrected chi connectivity index (χ2v) is 5.76. The lowest BCUT2D eigenvalue weighted by Crippen LogP contribution is -1.96. The van der Waals surface area contributed by atoms with Crippen molar-refractivity contribution in [2.75, 3.05) is 6.61 Å². The van der Waals surface area contributed by atoms with Crippen molar-refractivity contribution in [3.8, 4) is 16.9 Å². The highest BCUT2D eigenvalue weighted by Gasteiger charge is 2.10. The molecule has 106 valence electrons. The van der Waals surface area contributed by atoms with Gasteiger partial charge in [-0.05, 0) is 48.4 Å². The number of rotatable bonds is 5. The maximum Gasteiger partial charge on any atom is 0.132 e. The quantitative estimate of drug-likeness (QED) is 0.589. The zero-order valence-corrected chi connectivity index (χ0v) is 13.5. The molecule has 4 heteroatoms. The molecule has 0 aromatic heterocycles. The van der Waals surface area contributed by atoms with Crippen LogP contribution in [-0.4, -0.2) is 6.61 Å². The summed E-state index contributed by atoms with van der Waals surface area (Å²) in [6, 6.07) is 10.2. The summed E-state index contributed by atoms with van der Waals surface area (Å²) in [5, 5.41) is 0.391. The van der Waals surface area contributed by atoms with Crippen molar-refractivity contribution in [2.24, 2.45) is 0 Å². The molecular formula is C16H15BrClFO. The minimum Gasteiger partial charge on any atom is -0.494 e. The lowest BCUT2D eigenvalue weighted by Gasteiger charge is -2.10. The van der Waals surface area contributed by atoms with Crippen LogP contribution < -0.4 is 4.74 Å². The van der Waals surface area contributed by atoms with E-state index in [-0.39, 0.29) is 5.82 Å². The molecule has 0 bridgehead atoms. The van der Waals surface area contributed by atoms with Crippen molar-refractivity contribution in [3.63, 3.8) is 0 Å². The predicted molar refractivity (Wildman–Crippen MR) is 84.9 cm³/mol. The number of hydrogen-bond donors (Lipinski definition) is 0. The second kappa shape index (κ2) is 7.09. The number of halogens is 3. The Labute approximate surface area is 131 Å². The van der Waals surface area contributed by atoms with E-state index in [2.05, 4.69) is 22.9 Å². The highest BCUT2D eigenvalue weighted by molar-refractivity contribution is 9.10. The van der Waals surface area contributed by atoms with Gasteiger partial charge >= 0.3 is 0 Å². The van der Waals surface area contributed by atoms with Gasteiger partial charge in [0.25, 0.3) is 0 Å². The average Bonchev–Trinajstić information content (AvgIpc) is 2.40. The van der Waals surface area contributed by atoms with Gasteiger partial charge in [0.2, 0.25) is 0 Å². The Morgan fingerprint density at radius 1 is 1.15 bits per heavy atom. The summed E-state index contributed by atoms with van der Waals surface area (Å²) in [6.45, 7) is 2.81. The molecule has 0 N–H and O–H groups in total. The Morgan fingerprint density at radius 3 is 2.55 bits per heavy atom. The molecule has 0 fully saturated rings. The Hall–Kier alpha value is -1.06. The van der Waals surface area contributed by atoms with Gasteiger partial charge in [0.15, 0.2) is 0 Å². The molecule has 0 amide bonds. The minimum atomic E-state index is -0.335.